The van der Waals surface area contributed by atoms with Crippen molar-refractivity contribution in [2.75, 3.05) is 23.3 Å². The summed E-state index contributed by atoms with van der Waals surface area (Å²) in [5, 5.41) is 4.60. The average molecular weight is 353 g/mol. The fourth-order valence-electron chi connectivity index (χ4n) is 4.38. The van der Waals surface area contributed by atoms with E-state index in [0.29, 0.717) is 17.9 Å². The number of anilines is 2. The van der Waals surface area contributed by atoms with Crippen molar-refractivity contribution >= 4 is 23.0 Å². The van der Waals surface area contributed by atoms with Crippen LogP contribution in [0.1, 0.15) is 43.4 Å². The van der Waals surface area contributed by atoms with E-state index >= 15 is 0 Å². The summed E-state index contributed by atoms with van der Waals surface area (Å²) in [6.07, 6.45) is 5.80. The predicted molar refractivity (Wildman–Crippen MR) is 108 cm³/mol. The van der Waals surface area contributed by atoms with Gasteiger partial charge in [-0.1, -0.05) is 35.9 Å². The first-order chi connectivity index (χ1) is 12.2. The Morgan fingerprint density at radius 2 is 1.84 bits per heavy atom. The maximum atomic E-state index is 6.24. The van der Waals surface area contributed by atoms with Gasteiger partial charge in [0.05, 0.1) is 6.04 Å². The SMILES string of the molecule is CCN(CC)c1ccc(C2Nc3ccc(Cl)cc3C3C=CCC32)cc1. The summed E-state index contributed by atoms with van der Waals surface area (Å²) in [4.78, 5) is 2.38. The van der Waals surface area contributed by atoms with Crippen molar-refractivity contribution in [2.45, 2.75) is 32.2 Å². The molecule has 0 radical (unpaired) electrons. The molecule has 3 atom stereocenters. The van der Waals surface area contributed by atoms with Crippen molar-refractivity contribution in [1.82, 2.24) is 0 Å². The smallest absolute Gasteiger partial charge is 0.0553 e. The first kappa shape index (κ1) is 16.5. The van der Waals surface area contributed by atoms with Crippen LogP contribution in [0.25, 0.3) is 0 Å². The standard InChI is InChI=1S/C22H25ClN2/c1-3-25(4-2)17-11-8-15(9-12-17)22-19-7-5-6-18(19)20-14-16(23)10-13-21(20)24-22/h5-6,8-14,18-19,22,24H,3-4,7H2,1-2H3. The predicted octanol–water partition coefficient (Wildman–Crippen LogP) is 6.01. The Morgan fingerprint density at radius 1 is 1.08 bits per heavy atom. The van der Waals surface area contributed by atoms with Crippen LogP contribution in [-0.4, -0.2) is 13.1 Å². The van der Waals surface area contributed by atoms with Crippen molar-refractivity contribution in [1.29, 1.82) is 0 Å². The zero-order valence-electron chi connectivity index (χ0n) is 14.9. The van der Waals surface area contributed by atoms with Gasteiger partial charge in [0.2, 0.25) is 0 Å². The third-order valence-electron chi connectivity index (χ3n) is 5.71. The molecule has 4 rings (SSSR count). The van der Waals surface area contributed by atoms with Gasteiger partial charge in [-0.15, -0.1) is 0 Å². The van der Waals surface area contributed by atoms with Gasteiger partial charge in [0.15, 0.2) is 0 Å². The fourth-order valence-corrected chi connectivity index (χ4v) is 4.56. The van der Waals surface area contributed by atoms with E-state index in [4.69, 9.17) is 11.6 Å². The number of nitrogens with zero attached hydrogens (tertiary/aromatic N) is 1. The van der Waals surface area contributed by atoms with Gasteiger partial charge in [-0.05, 0) is 67.6 Å². The lowest BCUT2D eigenvalue weighted by Crippen LogP contribution is -2.29. The Hall–Kier alpha value is -1.93. The Labute approximate surface area is 155 Å². The summed E-state index contributed by atoms with van der Waals surface area (Å²) in [7, 11) is 0. The van der Waals surface area contributed by atoms with E-state index in [0.717, 1.165) is 24.5 Å². The number of allylic oxidation sites excluding steroid dienone is 2. The summed E-state index contributed by atoms with van der Waals surface area (Å²) in [5.74, 6) is 1.02. The monoisotopic (exact) mass is 352 g/mol. The first-order valence-corrected chi connectivity index (χ1v) is 9.66. The van der Waals surface area contributed by atoms with Crippen LogP contribution in [0.15, 0.2) is 54.6 Å². The van der Waals surface area contributed by atoms with Gasteiger partial charge in [-0.25, -0.2) is 0 Å². The molecule has 0 saturated carbocycles. The lowest BCUT2D eigenvalue weighted by molar-refractivity contribution is 0.425. The molecule has 2 nitrogen and oxygen atoms in total. The van der Waals surface area contributed by atoms with Crippen LogP contribution in [0.3, 0.4) is 0 Å². The van der Waals surface area contributed by atoms with E-state index in [-0.39, 0.29) is 0 Å². The van der Waals surface area contributed by atoms with Crippen molar-refractivity contribution in [3.05, 3.63) is 70.8 Å². The third kappa shape index (κ3) is 2.93. The van der Waals surface area contributed by atoms with Crippen LogP contribution in [0.2, 0.25) is 5.02 Å². The number of hydrogen-bond donors (Lipinski definition) is 1. The molecule has 0 spiro atoms. The molecule has 0 bridgehead atoms. The second-order valence-electron chi connectivity index (χ2n) is 6.97. The molecule has 130 valence electrons. The Balaban J connectivity index is 1.66. The second-order valence-corrected chi connectivity index (χ2v) is 7.41. The molecule has 2 aliphatic rings. The maximum Gasteiger partial charge on any atom is 0.0553 e. The molecule has 3 unspecified atom stereocenters. The molecule has 0 amide bonds. The Kier molecular flexibility index (Phi) is 4.47. The summed E-state index contributed by atoms with van der Waals surface area (Å²) >= 11 is 6.24. The van der Waals surface area contributed by atoms with E-state index in [1.807, 2.05) is 6.07 Å². The number of hydrogen-bond acceptors (Lipinski definition) is 2. The van der Waals surface area contributed by atoms with E-state index in [2.05, 4.69) is 72.6 Å². The van der Waals surface area contributed by atoms with Crippen molar-refractivity contribution < 1.29 is 0 Å². The van der Waals surface area contributed by atoms with Crippen LogP contribution in [0, 0.1) is 5.92 Å². The third-order valence-corrected chi connectivity index (χ3v) is 5.94. The van der Waals surface area contributed by atoms with Crippen molar-refractivity contribution in [2.24, 2.45) is 5.92 Å². The summed E-state index contributed by atoms with van der Waals surface area (Å²) in [5.41, 5.74) is 5.23. The Bertz CT molecular complexity index is 777. The van der Waals surface area contributed by atoms with Crippen LogP contribution in [0.5, 0.6) is 0 Å². The fraction of sp³-hybridized carbons (Fsp3) is 0.364. The quantitative estimate of drug-likeness (QED) is 0.677. The lowest BCUT2D eigenvalue weighted by Gasteiger charge is -2.37. The average Bonchev–Trinajstić information content (AvgIpc) is 3.13. The van der Waals surface area contributed by atoms with Gasteiger partial charge < -0.3 is 10.2 Å². The van der Waals surface area contributed by atoms with Crippen molar-refractivity contribution in [3.8, 4) is 0 Å². The minimum absolute atomic E-state index is 0.347. The van der Waals surface area contributed by atoms with Gasteiger partial charge in [0.25, 0.3) is 0 Å². The molecule has 0 saturated heterocycles. The van der Waals surface area contributed by atoms with E-state index in [1.54, 1.807) is 0 Å². The molecule has 1 heterocycles. The molecule has 1 aliphatic heterocycles. The molecule has 2 aromatic carbocycles. The number of benzene rings is 2. The highest BCUT2D eigenvalue weighted by Gasteiger charge is 2.37. The van der Waals surface area contributed by atoms with Crippen LogP contribution >= 0.6 is 11.6 Å². The van der Waals surface area contributed by atoms with E-state index < -0.39 is 0 Å². The highest BCUT2D eigenvalue weighted by molar-refractivity contribution is 6.30. The number of fused-ring (bicyclic) bond motifs is 3. The Morgan fingerprint density at radius 3 is 2.56 bits per heavy atom. The first-order valence-electron chi connectivity index (χ1n) is 9.28. The van der Waals surface area contributed by atoms with Gasteiger partial charge in [0.1, 0.15) is 0 Å². The number of halogens is 1. The zero-order chi connectivity index (χ0) is 17.4. The topological polar surface area (TPSA) is 15.3 Å². The van der Waals surface area contributed by atoms with E-state index in [9.17, 15) is 0 Å². The largest absolute Gasteiger partial charge is 0.378 e. The molecule has 0 fully saturated rings. The summed E-state index contributed by atoms with van der Waals surface area (Å²) in [6.45, 7) is 6.49. The summed E-state index contributed by atoms with van der Waals surface area (Å²) < 4.78 is 0. The molecule has 1 N–H and O–H groups in total. The molecule has 1 aliphatic carbocycles. The molecule has 2 aromatic rings. The molecule has 25 heavy (non-hydrogen) atoms. The van der Waals surface area contributed by atoms with Crippen LogP contribution in [0.4, 0.5) is 11.4 Å². The van der Waals surface area contributed by atoms with Gasteiger partial charge in [0, 0.05) is 35.4 Å². The van der Waals surface area contributed by atoms with Crippen molar-refractivity contribution in [3.63, 3.8) is 0 Å². The summed E-state index contributed by atoms with van der Waals surface area (Å²) in [6, 6.07) is 15.7. The maximum absolute atomic E-state index is 6.24. The number of rotatable bonds is 4. The van der Waals surface area contributed by atoms with Crippen LogP contribution < -0.4 is 10.2 Å². The second kappa shape index (κ2) is 6.76. The van der Waals surface area contributed by atoms with Crippen LogP contribution in [-0.2, 0) is 0 Å². The molecule has 3 heteroatoms. The molecular weight excluding hydrogens is 328 g/mol. The highest BCUT2D eigenvalue weighted by Crippen LogP contribution is 2.50. The molecular formula is C22H25ClN2. The highest BCUT2D eigenvalue weighted by atomic mass is 35.5. The minimum Gasteiger partial charge on any atom is -0.378 e. The zero-order valence-corrected chi connectivity index (χ0v) is 15.6. The normalized spacial score (nSPS) is 23.7. The van der Waals surface area contributed by atoms with E-state index in [1.165, 1.54) is 22.5 Å². The van der Waals surface area contributed by atoms with Gasteiger partial charge >= 0.3 is 0 Å². The lowest BCUT2D eigenvalue weighted by atomic mass is 9.77. The minimum atomic E-state index is 0.347. The van der Waals surface area contributed by atoms with Gasteiger partial charge in [-0.3, -0.25) is 0 Å². The van der Waals surface area contributed by atoms with Gasteiger partial charge in [-0.2, -0.15) is 0 Å². The molecule has 0 aromatic heterocycles. The number of nitrogens with one attached hydrogen (secondary N) is 1.